The monoisotopic (exact) mass is 343 g/mol. The van der Waals surface area contributed by atoms with Crippen molar-refractivity contribution < 1.29 is 17.2 Å². The molecule has 1 unspecified atom stereocenters. The summed E-state index contributed by atoms with van der Waals surface area (Å²) in [5.74, 6) is -1.70. The molecule has 3 nitrogen and oxygen atoms in total. The van der Waals surface area contributed by atoms with Crippen LogP contribution >= 0.6 is 11.3 Å². The van der Waals surface area contributed by atoms with Crippen molar-refractivity contribution in [2.24, 2.45) is 0 Å². The Hall–Kier alpha value is -1.31. The Morgan fingerprint density at radius 3 is 2.59 bits per heavy atom. The van der Waals surface area contributed by atoms with Gasteiger partial charge in [0.25, 0.3) is 0 Å². The van der Waals surface area contributed by atoms with Gasteiger partial charge < -0.3 is 0 Å². The number of sulfonamides is 1. The molecule has 2 heterocycles. The Morgan fingerprint density at radius 2 is 1.95 bits per heavy atom. The molecule has 1 aliphatic heterocycles. The molecule has 118 valence electrons. The van der Waals surface area contributed by atoms with E-state index in [1.165, 1.54) is 4.31 Å². The highest BCUT2D eigenvalue weighted by Gasteiger charge is 2.32. The third kappa shape index (κ3) is 3.37. The summed E-state index contributed by atoms with van der Waals surface area (Å²) in [6.45, 7) is 0.873. The van der Waals surface area contributed by atoms with Crippen LogP contribution in [0.4, 0.5) is 8.78 Å². The number of rotatable bonds is 4. The van der Waals surface area contributed by atoms with Gasteiger partial charge in [-0.2, -0.15) is 11.3 Å². The minimum Gasteiger partial charge on any atom is -0.212 e. The van der Waals surface area contributed by atoms with Gasteiger partial charge in [-0.25, -0.2) is 21.5 Å². The molecule has 0 radical (unpaired) electrons. The van der Waals surface area contributed by atoms with E-state index in [4.69, 9.17) is 0 Å². The fourth-order valence-corrected chi connectivity index (χ4v) is 5.06. The maximum Gasteiger partial charge on any atom is 0.218 e. The highest BCUT2D eigenvalue weighted by molar-refractivity contribution is 7.88. The van der Waals surface area contributed by atoms with Crippen molar-refractivity contribution in [3.8, 4) is 0 Å². The lowest BCUT2D eigenvalue weighted by atomic mass is 10.0. The molecule has 7 heteroatoms. The molecule has 0 spiro atoms. The van der Waals surface area contributed by atoms with Crippen LogP contribution in [0.25, 0.3) is 0 Å². The molecule has 0 aliphatic carbocycles. The van der Waals surface area contributed by atoms with Gasteiger partial charge in [-0.1, -0.05) is 0 Å². The van der Waals surface area contributed by atoms with Gasteiger partial charge in [0.15, 0.2) is 0 Å². The van der Waals surface area contributed by atoms with Crippen LogP contribution in [0.5, 0.6) is 0 Å². The number of hydrogen-bond donors (Lipinski definition) is 0. The molecule has 1 saturated heterocycles. The standard InChI is InChI=1S/C15H15F2NO2S2/c16-14-5-11(6-15(17)7-14)10-22(19,20)18-3-1-12(8-18)13-2-4-21-9-13/h2,4-7,9,12H,1,3,8,10H2. The molecule has 1 fully saturated rings. The topological polar surface area (TPSA) is 37.4 Å². The van der Waals surface area contributed by atoms with Crippen LogP contribution in [0.3, 0.4) is 0 Å². The summed E-state index contributed by atoms with van der Waals surface area (Å²) in [5, 5.41) is 4.00. The molecule has 1 aromatic heterocycles. The molecule has 0 amide bonds. The van der Waals surface area contributed by atoms with E-state index in [1.807, 2.05) is 16.8 Å². The maximum absolute atomic E-state index is 13.2. The summed E-state index contributed by atoms with van der Waals surface area (Å²) in [7, 11) is -3.57. The van der Waals surface area contributed by atoms with Crippen molar-refractivity contribution in [1.82, 2.24) is 4.31 Å². The molecule has 22 heavy (non-hydrogen) atoms. The Morgan fingerprint density at radius 1 is 1.23 bits per heavy atom. The molecule has 1 aliphatic rings. The maximum atomic E-state index is 13.2. The van der Waals surface area contributed by atoms with E-state index in [0.29, 0.717) is 13.1 Å². The normalized spacial score (nSPS) is 19.6. The molecule has 3 rings (SSSR count). The van der Waals surface area contributed by atoms with E-state index < -0.39 is 21.7 Å². The second-order valence-corrected chi connectivity index (χ2v) is 8.18. The molecular weight excluding hydrogens is 328 g/mol. The van der Waals surface area contributed by atoms with E-state index in [-0.39, 0.29) is 17.2 Å². The third-order valence-electron chi connectivity index (χ3n) is 3.83. The van der Waals surface area contributed by atoms with Crippen LogP contribution in [-0.4, -0.2) is 25.8 Å². The Kier molecular flexibility index (Phi) is 4.29. The fraction of sp³-hybridized carbons (Fsp3) is 0.333. The summed E-state index contributed by atoms with van der Waals surface area (Å²) in [6.07, 6.45) is 0.771. The minimum atomic E-state index is -3.57. The largest absolute Gasteiger partial charge is 0.218 e. The van der Waals surface area contributed by atoms with Gasteiger partial charge >= 0.3 is 0 Å². The van der Waals surface area contributed by atoms with Crippen LogP contribution in [0.1, 0.15) is 23.5 Å². The summed E-state index contributed by atoms with van der Waals surface area (Å²) in [4.78, 5) is 0. The molecule has 0 bridgehead atoms. The molecule has 2 aromatic rings. The van der Waals surface area contributed by atoms with E-state index in [1.54, 1.807) is 11.3 Å². The third-order valence-corrected chi connectivity index (χ3v) is 6.35. The van der Waals surface area contributed by atoms with Crippen molar-refractivity contribution in [2.45, 2.75) is 18.1 Å². The van der Waals surface area contributed by atoms with Crippen molar-refractivity contribution in [1.29, 1.82) is 0 Å². The zero-order chi connectivity index (χ0) is 15.7. The average molecular weight is 343 g/mol. The molecule has 1 aromatic carbocycles. The molecule has 0 saturated carbocycles. The lowest BCUT2D eigenvalue weighted by Gasteiger charge is -2.16. The first-order chi connectivity index (χ1) is 10.4. The highest BCUT2D eigenvalue weighted by Crippen LogP contribution is 2.31. The first-order valence-electron chi connectivity index (χ1n) is 6.89. The van der Waals surface area contributed by atoms with Gasteiger partial charge in [0.05, 0.1) is 5.75 Å². The first kappa shape index (κ1) is 15.6. The van der Waals surface area contributed by atoms with Crippen LogP contribution < -0.4 is 0 Å². The van der Waals surface area contributed by atoms with Gasteiger partial charge in [-0.15, -0.1) is 0 Å². The molecule has 1 atom stereocenters. The van der Waals surface area contributed by atoms with Crippen LogP contribution in [0, 0.1) is 11.6 Å². The van der Waals surface area contributed by atoms with Crippen LogP contribution in [0.2, 0.25) is 0 Å². The van der Waals surface area contributed by atoms with Crippen molar-refractivity contribution in [3.05, 3.63) is 57.8 Å². The predicted molar refractivity (Wildman–Crippen MR) is 82.2 cm³/mol. The van der Waals surface area contributed by atoms with E-state index in [2.05, 4.69) is 0 Å². The number of nitrogens with zero attached hydrogens (tertiary/aromatic N) is 1. The number of benzene rings is 1. The predicted octanol–water partition coefficient (Wildman–Crippen LogP) is 3.35. The van der Waals surface area contributed by atoms with Crippen LogP contribution in [-0.2, 0) is 15.8 Å². The number of thiophene rings is 1. The molecular formula is C15H15F2NO2S2. The van der Waals surface area contributed by atoms with Crippen LogP contribution in [0.15, 0.2) is 35.0 Å². The Labute approximate surface area is 132 Å². The van der Waals surface area contributed by atoms with Gasteiger partial charge in [-0.05, 0) is 52.4 Å². The summed E-state index contributed by atoms with van der Waals surface area (Å²) < 4.78 is 52.6. The lowest BCUT2D eigenvalue weighted by Crippen LogP contribution is -2.29. The second-order valence-electron chi connectivity index (χ2n) is 5.43. The smallest absolute Gasteiger partial charge is 0.212 e. The Bertz CT molecular complexity index is 740. The zero-order valence-corrected chi connectivity index (χ0v) is 13.3. The summed E-state index contributed by atoms with van der Waals surface area (Å²) in [6, 6.07) is 4.87. The van der Waals surface area contributed by atoms with Gasteiger partial charge in [0, 0.05) is 19.2 Å². The zero-order valence-electron chi connectivity index (χ0n) is 11.7. The quantitative estimate of drug-likeness (QED) is 0.854. The Balaban J connectivity index is 1.73. The van der Waals surface area contributed by atoms with E-state index in [0.717, 1.165) is 30.2 Å². The van der Waals surface area contributed by atoms with Crippen molar-refractivity contribution in [3.63, 3.8) is 0 Å². The first-order valence-corrected chi connectivity index (χ1v) is 9.44. The molecule has 0 N–H and O–H groups in total. The minimum absolute atomic E-state index is 0.136. The van der Waals surface area contributed by atoms with Gasteiger partial charge in [0.1, 0.15) is 11.6 Å². The number of hydrogen-bond acceptors (Lipinski definition) is 3. The lowest BCUT2D eigenvalue weighted by molar-refractivity contribution is 0.472. The second kappa shape index (κ2) is 6.06. The SMILES string of the molecule is O=S(=O)(Cc1cc(F)cc(F)c1)N1CCC(c2ccsc2)C1. The summed E-state index contributed by atoms with van der Waals surface area (Å²) in [5.41, 5.74) is 1.29. The van der Waals surface area contributed by atoms with Crippen molar-refractivity contribution in [2.75, 3.05) is 13.1 Å². The highest BCUT2D eigenvalue weighted by atomic mass is 32.2. The average Bonchev–Trinajstić information content (AvgIpc) is 3.08. The number of halogens is 2. The van der Waals surface area contributed by atoms with E-state index >= 15 is 0 Å². The van der Waals surface area contributed by atoms with Gasteiger partial charge in [0.2, 0.25) is 10.0 Å². The van der Waals surface area contributed by atoms with E-state index in [9.17, 15) is 17.2 Å². The summed E-state index contributed by atoms with van der Waals surface area (Å²) >= 11 is 1.59. The van der Waals surface area contributed by atoms with Gasteiger partial charge in [-0.3, -0.25) is 0 Å². The van der Waals surface area contributed by atoms with Crippen molar-refractivity contribution >= 4 is 21.4 Å². The fourth-order valence-electron chi connectivity index (χ4n) is 2.76.